The average molecular weight is 826 g/mol. The van der Waals surface area contributed by atoms with Crippen LogP contribution in [0.4, 0.5) is 24.5 Å². The molecule has 1 fully saturated rings. The van der Waals surface area contributed by atoms with Gasteiger partial charge in [0.15, 0.2) is 17.3 Å². The molecule has 3 aromatic carbocycles. The van der Waals surface area contributed by atoms with E-state index in [1.165, 1.54) is 12.6 Å². The first-order valence-electron chi connectivity index (χ1n) is 18.6. The molecule has 7 aromatic rings. The third-order valence-electron chi connectivity index (χ3n) is 10.1. The molecule has 18 heteroatoms. The number of aromatic nitrogens is 6. The molecule has 0 unspecified atom stereocenters. The number of benzene rings is 3. The van der Waals surface area contributed by atoms with E-state index in [9.17, 15) is 27.6 Å². The van der Waals surface area contributed by atoms with Gasteiger partial charge in [0.1, 0.15) is 30.7 Å². The summed E-state index contributed by atoms with van der Waals surface area (Å²) in [7, 11) is 0. The van der Waals surface area contributed by atoms with Gasteiger partial charge >= 0.3 is 6.18 Å². The third-order valence-corrected chi connectivity index (χ3v) is 10.4. The molecule has 8 rings (SSSR count). The number of ether oxygens (including phenoxy) is 1. The Bertz CT molecular complexity index is 2780. The molecule has 0 radical (unpaired) electrons. The Morgan fingerprint density at radius 2 is 1.76 bits per heavy atom. The number of amides is 2. The number of hydrogen-bond donors (Lipinski definition) is 1. The van der Waals surface area contributed by atoms with Crippen LogP contribution in [0, 0.1) is 6.92 Å². The predicted octanol–water partition coefficient (Wildman–Crippen LogP) is 6.82. The van der Waals surface area contributed by atoms with Gasteiger partial charge in [0.25, 0.3) is 11.5 Å². The van der Waals surface area contributed by atoms with Crippen molar-refractivity contribution in [1.82, 2.24) is 34.0 Å². The Morgan fingerprint density at radius 3 is 2.49 bits per heavy atom. The summed E-state index contributed by atoms with van der Waals surface area (Å²) in [4.78, 5) is 59.0. The Hall–Kier alpha value is -6.75. The Balaban J connectivity index is 1.12. The van der Waals surface area contributed by atoms with Gasteiger partial charge < -0.3 is 28.8 Å². The zero-order valence-electron chi connectivity index (χ0n) is 31.7. The van der Waals surface area contributed by atoms with Crippen molar-refractivity contribution in [3.8, 4) is 17.1 Å². The van der Waals surface area contributed by atoms with Crippen LogP contribution in [0.2, 0.25) is 5.02 Å². The van der Waals surface area contributed by atoms with Crippen LogP contribution in [0.5, 0.6) is 5.75 Å². The van der Waals surface area contributed by atoms with E-state index in [2.05, 4.69) is 20.4 Å². The highest BCUT2D eigenvalue weighted by Crippen LogP contribution is 2.34. The van der Waals surface area contributed by atoms with Crippen molar-refractivity contribution in [3.63, 3.8) is 0 Å². The summed E-state index contributed by atoms with van der Waals surface area (Å²) in [6, 6.07) is 19.3. The van der Waals surface area contributed by atoms with Gasteiger partial charge in [-0.15, -0.1) is 5.10 Å². The minimum Gasteiger partial charge on any atom is -0.485 e. The fraction of sp³-hybridized carbons (Fsp3) is 0.244. The zero-order valence-corrected chi connectivity index (χ0v) is 32.4. The van der Waals surface area contributed by atoms with Crippen LogP contribution in [0.25, 0.3) is 28.1 Å². The summed E-state index contributed by atoms with van der Waals surface area (Å²) in [6.07, 6.45) is -1.50. The lowest BCUT2D eigenvalue weighted by molar-refractivity contribution is -0.137. The Morgan fingerprint density at radius 1 is 0.983 bits per heavy atom. The highest BCUT2D eigenvalue weighted by atomic mass is 35.5. The minimum absolute atomic E-state index is 0.0258. The highest BCUT2D eigenvalue weighted by Gasteiger charge is 2.33. The molecular weight excluding hydrogens is 791 g/mol. The predicted molar refractivity (Wildman–Crippen MR) is 213 cm³/mol. The largest absolute Gasteiger partial charge is 0.485 e. The van der Waals surface area contributed by atoms with Crippen LogP contribution >= 0.6 is 11.6 Å². The molecule has 0 bridgehead atoms. The lowest BCUT2D eigenvalue weighted by Crippen LogP contribution is -2.51. The van der Waals surface area contributed by atoms with Crippen molar-refractivity contribution in [2.45, 2.75) is 39.6 Å². The first kappa shape index (κ1) is 39.1. The van der Waals surface area contributed by atoms with E-state index in [0.717, 1.165) is 28.3 Å². The normalized spacial score (nSPS) is 13.3. The van der Waals surface area contributed by atoms with Gasteiger partial charge in [0.2, 0.25) is 11.7 Å². The second kappa shape index (κ2) is 15.9. The molecule has 4 aromatic heterocycles. The molecule has 59 heavy (non-hydrogen) atoms. The maximum absolute atomic E-state index is 14.5. The molecule has 14 nitrogen and oxygen atoms in total. The molecule has 302 valence electrons. The van der Waals surface area contributed by atoms with Gasteiger partial charge in [0, 0.05) is 37.1 Å². The second-order valence-electron chi connectivity index (χ2n) is 13.8. The van der Waals surface area contributed by atoms with E-state index >= 15 is 0 Å². The number of halogens is 4. The lowest BCUT2D eigenvalue weighted by atomic mass is 10.1. The maximum Gasteiger partial charge on any atom is 0.416 e. The van der Waals surface area contributed by atoms with Crippen LogP contribution in [0.15, 0.2) is 94.6 Å². The maximum atomic E-state index is 14.5. The number of furan rings is 1. The topological polar surface area (TPSA) is 153 Å². The van der Waals surface area contributed by atoms with E-state index in [-0.39, 0.29) is 84.6 Å². The molecule has 1 N–H and O–H groups in total. The van der Waals surface area contributed by atoms with Crippen LogP contribution in [0.1, 0.15) is 39.9 Å². The van der Waals surface area contributed by atoms with Crippen molar-refractivity contribution in [3.05, 3.63) is 129 Å². The number of aryl methyl sites for hydroxylation is 1. The number of carbonyl (C=O) groups excluding carboxylic acids is 2. The van der Waals surface area contributed by atoms with Crippen molar-refractivity contribution in [2.24, 2.45) is 0 Å². The minimum atomic E-state index is -4.63. The number of rotatable bonds is 10. The fourth-order valence-electron chi connectivity index (χ4n) is 7.16. The van der Waals surface area contributed by atoms with Gasteiger partial charge in [0.05, 0.1) is 33.9 Å². The molecular formula is C41H35ClF3N9O5. The SMILES string of the molecule is CCc1c(N2CCN(C(=O)c3ncnc(C)c3OCc3ccccc3)CC2)c(=O)n2nc(-c3cccc4occc34)nc2n1CC(=O)Nc1ccc(C(F)(F)F)cc1Cl. The fourth-order valence-corrected chi connectivity index (χ4v) is 7.39. The number of hydrogen-bond acceptors (Lipinski definition) is 10. The number of anilines is 2. The molecule has 1 saturated heterocycles. The molecule has 0 spiro atoms. The van der Waals surface area contributed by atoms with Gasteiger partial charge in [-0.3, -0.25) is 14.4 Å². The molecule has 1 aliphatic heterocycles. The summed E-state index contributed by atoms with van der Waals surface area (Å²) in [6.45, 7) is 4.31. The van der Waals surface area contributed by atoms with E-state index in [1.807, 2.05) is 42.2 Å². The molecule has 1 aliphatic rings. The first-order chi connectivity index (χ1) is 28.4. The second-order valence-corrected chi connectivity index (χ2v) is 14.2. The van der Waals surface area contributed by atoms with Crippen LogP contribution in [0.3, 0.4) is 0 Å². The summed E-state index contributed by atoms with van der Waals surface area (Å²) >= 11 is 6.18. The highest BCUT2D eigenvalue weighted by molar-refractivity contribution is 6.33. The third kappa shape index (κ3) is 7.68. The van der Waals surface area contributed by atoms with Crippen LogP contribution in [-0.2, 0) is 30.5 Å². The van der Waals surface area contributed by atoms with Crippen molar-refractivity contribution in [1.29, 1.82) is 0 Å². The van der Waals surface area contributed by atoms with Crippen molar-refractivity contribution < 1.29 is 31.9 Å². The zero-order chi connectivity index (χ0) is 41.4. The summed E-state index contributed by atoms with van der Waals surface area (Å²) < 4.78 is 54.3. The summed E-state index contributed by atoms with van der Waals surface area (Å²) in [5, 5.41) is 7.65. The van der Waals surface area contributed by atoms with E-state index in [1.54, 1.807) is 40.7 Å². The lowest BCUT2D eigenvalue weighted by Gasteiger charge is -2.36. The average Bonchev–Trinajstić information content (AvgIpc) is 3.90. The first-order valence-corrected chi connectivity index (χ1v) is 19.0. The standard InChI is InChI=1S/C41H35ClF3N9O5/c1-3-31-35(51-15-17-52(18-16-51)38(56)34-36(24(2)46-23-47-34)59-22-25-8-5-4-6-9-25)39(57)54-40(49-37(50-54)28-10-7-11-32-27(28)14-19-58-32)53(31)21-33(55)48-30-13-12-26(20-29(30)42)41(43,44)45/h4-14,19-20,23H,3,15-18,21-22H2,1-2H3,(H,48,55). The van der Waals surface area contributed by atoms with Gasteiger partial charge in [-0.25, -0.2) is 9.97 Å². The molecule has 0 saturated carbocycles. The number of alkyl halides is 3. The number of piperazine rings is 1. The van der Waals surface area contributed by atoms with Crippen molar-refractivity contribution >= 4 is 51.5 Å². The Labute approximate surface area is 338 Å². The number of nitrogens with one attached hydrogen (secondary N) is 1. The number of carbonyl (C=O) groups is 2. The van der Waals surface area contributed by atoms with Crippen molar-refractivity contribution in [2.75, 3.05) is 36.4 Å². The molecule has 0 atom stereocenters. The summed E-state index contributed by atoms with van der Waals surface area (Å²) in [5.41, 5.74) is 1.97. The van der Waals surface area contributed by atoms with Crippen LogP contribution in [-0.4, -0.2) is 72.0 Å². The molecule has 5 heterocycles. The molecule has 2 amide bonds. The van der Waals surface area contributed by atoms with Crippen LogP contribution < -0.4 is 20.5 Å². The quantitative estimate of drug-likeness (QED) is 0.156. The number of nitrogens with zero attached hydrogens (tertiary/aromatic N) is 8. The van der Waals surface area contributed by atoms with Gasteiger partial charge in [-0.1, -0.05) is 61.0 Å². The Kier molecular flexibility index (Phi) is 10.5. The molecule has 0 aliphatic carbocycles. The number of fused-ring (bicyclic) bond motifs is 2. The van der Waals surface area contributed by atoms with E-state index in [4.69, 9.17) is 25.7 Å². The van der Waals surface area contributed by atoms with E-state index < -0.39 is 29.8 Å². The smallest absolute Gasteiger partial charge is 0.416 e. The monoisotopic (exact) mass is 825 g/mol. The van der Waals surface area contributed by atoms with E-state index in [0.29, 0.717) is 27.9 Å². The van der Waals surface area contributed by atoms with Gasteiger partial charge in [-0.05, 0) is 49.2 Å². The summed E-state index contributed by atoms with van der Waals surface area (Å²) in [5.74, 6) is -0.436. The van der Waals surface area contributed by atoms with Gasteiger partial charge in [-0.2, -0.15) is 22.7 Å².